The number of halogens is 1. The van der Waals surface area contributed by atoms with Gasteiger partial charge in [0.05, 0.1) is 18.3 Å². The fourth-order valence-corrected chi connectivity index (χ4v) is 2.72. The number of benzene rings is 1. The van der Waals surface area contributed by atoms with Crippen LogP contribution in [0.25, 0.3) is 0 Å². The molecule has 0 aliphatic rings. The van der Waals surface area contributed by atoms with Gasteiger partial charge in [-0.15, -0.1) is 0 Å². The van der Waals surface area contributed by atoms with Crippen molar-refractivity contribution in [2.45, 2.75) is 25.5 Å². The molecular weight excluding hydrogens is 372 g/mol. The molecule has 1 rings (SSSR count). The molecule has 0 bridgehead atoms. The molecule has 0 saturated heterocycles. The molecule has 22 heavy (non-hydrogen) atoms. The second-order valence-corrected chi connectivity index (χ2v) is 8.33. The monoisotopic (exact) mass is 392 g/mol. The number of rotatable bonds is 8. The van der Waals surface area contributed by atoms with Crippen molar-refractivity contribution in [1.82, 2.24) is 5.32 Å². The van der Waals surface area contributed by atoms with Crippen LogP contribution in [0.4, 0.5) is 0 Å². The van der Waals surface area contributed by atoms with Gasteiger partial charge in [0.1, 0.15) is 21.7 Å². The smallest absolute Gasteiger partial charge is 0.237 e. The molecule has 0 heterocycles. The van der Waals surface area contributed by atoms with Gasteiger partial charge in [0.2, 0.25) is 5.91 Å². The zero-order valence-electron chi connectivity index (χ0n) is 12.6. The van der Waals surface area contributed by atoms with Crippen LogP contribution in [0.1, 0.15) is 13.3 Å². The van der Waals surface area contributed by atoms with Crippen molar-refractivity contribution in [3.8, 4) is 5.75 Å². The molecule has 124 valence electrons. The summed E-state index contributed by atoms with van der Waals surface area (Å²) in [4.78, 5) is 11.8. The summed E-state index contributed by atoms with van der Waals surface area (Å²) in [5, 5.41) is 2.66. The van der Waals surface area contributed by atoms with E-state index < -0.39 is 15.9 Å². The lowest BCUT2D eigenvalue weighted by Gasteiger charge is -2.17. The Balaban J connectivity index is 2.36. The van der Waals surface area contributed by atoms with E-state index in [1.807, 2.05) is 31.2 Å². The van der Waals surface area contributed by atoms with Gasteiger partial charge in [-0.25, -0.2) is 8.42 Å². The lowest BCUT2D eigenvalue weighted by Crippen LogP contribution is -2.44. The number of hydrogen-bond acceptors (Lipinski definition) is 5. The number of nitrogens with two attached hydrogens (primary N) is 1. The number of carbonyl (C=O) groups excluding carboxylic acids is 1. The minimum absolute atomic E-state index is 0.103. The summed E-state index contributed by atoms with van der Waals surface area (Å²) in [6, 6.07) is 6.55. The van der Waals surface area contributed by atoms with Gasteiger partial charge in [-0.05, 0) is 31.5 Å². The molecule has 1 aromatic rings. The highest BCUT2D eigenvalue weighted by Crippen LogP contribution is 2.18. The van der Waals surface area contributed by atoms with Crippen LogP contribution in [0.5, 0.6) is 5.75 Å². The van der Waals surface area contributed by atoms with E-state index in [1.54, 1.807) is 0 Å². The number of nitrogens with one attached hydrogen (secondary N) is 1. The van der Waals surface area contributed by atoms with E-state index in [4.69, 9.17) is 10.5 Å². The zero-order valence-corrected chi connectivity index (χ0v) is 15.0. The Bertz CT molecular complexity index is 607. The van der Waals surface area contributed by atoms with Crippen molar-refractivity contribution in [2.24, 2.45) is 5.73 Å². The van der Waals surface area contributed by atoms with Crippen molar-refractivity contribution in [3.63, 3.8) is 0 Å². The van der Waals surface area contributed by atoms with Crippen LogP contribution in [0.3, 0.4) is 0 Å². The minimum atomic E-state index is -3.12. The summed E-state index contributed by atoms with van der Waals surface area (Å²) in [6.45, 7) is 2.11. The maximum atomic E-state index is 11.8. The molecule has 0 aromatic heterocycles. The van der Waals surface area contributed by atoms with Crippen LogP contribution in [-0.4, -0.2) is 45.0 Å². The third kappa shape index (κ3) is 7.77. The second-order valence-electron chi connectivity index (χ2n) is 5.16. The van der Waals surface area contributed by atoms with E-state index >= 15 is 0 Å². The largest absolute Gasteiger partial charge is 0.489 e. The van der Waals surface area contributed by atoms with Crippen LogP contribution in [0.2, 0.25) is 0 Å². The van der Waals surface area contributed by atoms with E-state index in [0.717, 1.165) is 10.7 Å². The fraction of sp³-hybridized carbons (Fsp3) is 0.500. The molecule has 0 fully saturated rings. The van der Waals surface area contributed by atoms with Gasteiger partial charge >= 0.3 is 0 Å². The quantitative estimate of drug-likeness (QED) is 0.689. The lowest BCUT2D eigenvalue weighted by molar-refractivity contribution is -0.122. The first-order chi connectivity index (χ1) is 10.2. The van der Waals surface area contributed by atoms with Crippen molar-refractivity contribution in [3.05, 3.63) is 28.7 Å². The topological polar surface area (TPSA) is 98.5 Å². The first kappa shape index (κ1) is 18.9. The number of carbonyl (C=O) groups is 1. The average Bonchev–Trinajstić information content (AvgIpc) is 2.41. The highest BCUT2D eigenvalue weighted by atomic mass is 79.9. The van der Waals surface area contributed by atoms with E-state index in [0.29, 0.717) is 5.75 Å². The van der Waals surface area contributed by atoms with Crippen LogP contribution in [0.15, 0.2) is 28.7 Å². The van der Waals surface area contributed by atoms with Gasteiger partial charge in [0.25, 0.3) is 0 Å². The Kier molecular flexibility index (Phi) is 7.31. The van der Waals surface area contributed by atoms with Gasteiger partial charge < -0.3 is 15.8 Å². The molecule has 3 N–H and O–H groups in total. The second kappa shape index (κ2) is 8.50. The summed E-state index contributed by atoms with van der Waals surface area (Å²) in [5.74, 6) is 0.205. The normalized spacial score (nSPS) is 14.2. The number of sulfone groups is 1. The first-order valence-electron chi connectivity index (χ1n) is 6.80. The maximum Gasteiger partial charge on any atom is 0.237 e. The Morgan fingerprint density at radius 3 is 2.73 bits per heavy atom. The number of ether oxygens (including phenoxy) is 1. The SMILES string of the molecule is CC(CNC(=O)C(N)CCS(C)(=O)=O)Oc1cccc(Br)c1. The zero-order chi connectivity index (χ0) is 16.8. The number of hydrogen-bond donors (Lipinski definition) is 2. The van der Waals surface area contributed by atoms with Gasteiger partial charge in [-0.2, -0.15) is 0 Å². The molecule has 0 spiro atoms. The summed E-state index contributed by atoms with van der Waals surface area (Å²) in [5.41, 5.74) is 5.66. The Labute approximate surface area is 139 Å². The summed E-state index contributed by atoms with van der Waals surface area (Å²) in [7, 11) is -3.12. The first-order valence-corrected chi connectivity index (χ1v) is 9.66. The van der Waals surface area contributed by atoms with E-state index in [-0.39, 0.29) is 30.7 Å². The van der Waals surface area contributed by atoms with Crippen LogP contribution < -0.4 is 15.8 Å². The molecule has 6 nitrogen and oxygen atoms in total. The Morgan fingerprint density at radius 1 is 1.45 bits per heavy atom. The van der Waals surface area contributed by atoms with Crippen molar-refractivity contribution in [2.75, 3.05) is 18.6 Å². The van der Waals surface area contributed by atoms with Gasteiger partial charge in [-0.1, -0.05) is 22.0 Å². The maximum absolute atomic E-state index is 11.8. The van der Waals surface area contributed by atoms with Crippen molar-refractivity contribution < 1.29 is 17.9 Å². The van der Waals surface area contributed by atoms with Crippen molar-refractivity contribution >= 4 is 31.7 Å². The van der Waals surface area contributed by atoms with E-state index in [1.165, 1.54) is 0 Å². The minimum Gasteiger partial charge on any atom is -0.489 e. The summed E-state index contributed by atoms with van der Waals surface area (Å²) < 4.78 is 28.7. The van der Waals surface area contributed by atoms with Crippen LogP contribution in [0, 0.1) is 0 Å². The predicted octanol–water partition coefficient (Wildman–Crippen LogP) is 1.09. The van der Waals surface area contributed by atoms with E-state index in [9.17, 15) is 13.2 Å². The standard InChI is InChI=1S/C14H21BrN2O4S/c1-10(21-12-5-3-4-11(15)8-12)9-17-14(18)13(16)6-7-22(2,19)20/h3-5,8,10,13H,6-7,9,16H2,1-2H3,(H,17,18). The number of amides is 1. The van der Waals surface area contributed by atoms with Crippen LogP contribution >= 0.6 is 15.9 Å². The third-order valence-corrected chi connectivity index (χ3v) is 4.30. The Hall–Kier alpha value is -1.12. The third-order valence-electron chi connectivity index (χ3n) is 2.83. The predicted molar refractivity (Wildman–Crippen MR) is 89.5 cm³/mol. The summed E-state index contributed by atoms with van der Waals surface area (Å²) in [6.07, 6.45) is 0.984. The van der Waals surface area contributed by atoms with Gasteiger partial charge in [0, 0.05) is 10.7 Å². The Morgan fingerprint density at radius 2 is 2.14 bits per heavy atom. The van der Waals surface area contributed by atoms with Crippen molar-refractivity contribution in [1.29, 1.82) is 0 Å². The summed E-state index contributed by atoms with van der Waals surface area (Å²) >= 11 is 3.35. The molecule has 1 amide bonds. The van der Waals surface area contributed by atoms with Gasteiger partial charge in [0.15, 0.2) is 0 Å². The van der Waals surface area contributed by atoms with E-state index in [2.05, 4.69) is 21.2 Å². The molecule has 0 aliphatic heterocycles. The highest BCUT2D eigenvalue weighted by molar-refractivity contribution is 9.10. The molecule has 0 radical (unpaired) electrons. The molecule has 0 aliphatic carbocycles. The average molecular weight is 393 g/mol. The molecule has 1 aromatic carbocycles. The molecule has 0 saturated carbocycles. The molecule has 8 heteroatoms. The molecule has 2 atom stereocenters. The highest BCUT2D eigenvalue weighted by Gasteiger charge is 2.16. The van der Waals surface area contributed by atoms with Crippen LogP contribution in [-0.2, 0) is 14.6 Å². The lowest BCUT2D eigenvalue weighted by atomic mass is 10.2. The fourth-order valence-electron chi connectivity index (χ4n) is 1.66. The van der Waals surface area contributed by atoms with Gasteiger partial charge in [-0.3, -0.25) is 4.79 Å². The molecule has 2 unspecified atom stereocenters. The molecular formula is C14H21BrN2O4S.